The molecule has 0 bridgehead atoms. The van der Waals surface area contributed by atoms with Gasteiger partial charge in [0.25, 0.3) is 0 Å². The molecular formula is C19H19N7O. The van der Waals surface area contributed by atoms with E-state index in [1.807, 2.05) is 43.3 Å². The highest BCUT2D eigenvalue weighted by atomic mass is 16.1. The Balaban J connectivity index is 1.49. The number of benzene rings is 2. The van der Waals surface area contributed by atoms with Crippen LogP contribution in [0.2, 0.25) is 0 Å². The number of nitrogens with one attached hydrogen (secondary N) is 4. The molecule has 0 aliphatic carbocycles. The first-order valence-electron chi connectivity index (χ1n) is 8.65. The fourth-order valence-electron chi connectivity index (χ4n) is 2.90. The second-order valence-electron chi connectivity index (χ2n) is 6.36. The van der Waals surface area contributed by atoms with E-state index in [0.29, 0.717) is 5.95 Å². The van der Waals surface area contributed by atoms with Crippen LogP contribution in [-0.2, 0) is 6.42 Å². The van der Waals surface area contributed by atoms with E-state index in [1.165, 1.54) is 5.56 Å². The predicted molar refractivity (Wildman–Crippen MR) is 105 cm³/mol. The van der Waals surface area contributed by atoms with Crippen molar-refractivity contribution in [2.24, 2.45) is 0 Å². The van der Waals surface area contributed by atoms with Crippen molar-refractivity contribution in [1.29, 1.82) is 0 Å². The molecule has 2 heterocycles. The topological polar surface area (TPSA) is 111 Å². The summed E-state index contributed by atoms with van der Waals surface area (Å²) in [7, 11) is 0. The lowest BCUT2D eigenvalue weighted by Crippen LogP contribution is -2.24. The second-order valence-corrected chi connectivity index (χ2v) is 6.36. The average molecular weight is 361 g/mol. The first-order chi connectivity index (χ1) is 13.2. The maximum Gasteiger partial charge on any atom is 0.351 e. The van der Waals surface area contributed by atoms with Crippen LogP contribution in [0.4, 0.5) is 17.6 Å². The maximum atomic E-state index is 11.9. The molecular weight excluding hydrogens is 342 g/mol. The fourth-order valence-corrected chi connectivity index (χ4v) is 2.90. The zero-order valence-corrected chi connectivity index (χ0v) is 14.7. The average Bonchev–Trinajstić information content (AvgIpc) is 3.09. The van der Waals surface area contributed by atoms with Gasteiger partial charge >= 0.3 is 5.69 Å². The highest BCUT2D eigenvalue weighted by molar-refractivity contribution is 5.82. The van der Waals surface area contributed by atoms with Crippen LogP contribution < -0.4 is 16.3 Å². The number of fused-ring (bicyclic) bond motifs is 1. The molecule has 2 aromatic heterocycles. The summed E-state index contributed by atoms with van der Waals surface area (Å²) < 4.78 is 0. The molecule has 1 atom stereocenters. The summed E-state index contributed by atoms with van der Waals surface area (Å²) in [6.07, 6.45) is 2.54. The Labute approximate surface area is 155 Å². The summed E-state index contributed by atoms with van der Waals surface area (Å²) in [4.78, 5) is 22.8. The fraction of sp³-hybridized carbons (Fsp3) is 0.158. The third kappa shape index (κ3) is 4.12. The van der Waals surface area contributed by atoms with Crippen molar-refractivity contribution < 1.29 is 0 Å². The monoisotopic (exact) mass is 361 g/mol. The van der Waals surface area contributed by atoms with Crippen LogP contribution in [-0.4, -0.2) is 31.2 Å². The van der Waals surface area contributed by atoms with E-state index in [0.717, 1.165) is 23.0 Å². The number of hydrogen-bond donors (Lipinski definition) is 4. The Morgan fingerprint density at radius 2 is 1.96 bits per heavy atom. The van der Waals surface area contributed by atoms with Gasteiger partial charge in [0.1, 0.15) is 0 Å². The minimum atomic E-state index is -0.466. The van der Waals surface area contributed by atoms with E-state index in [-0.39, 0.29) is 12.0 Å². The van der Waals surface area contributed by atoms with E-state index >= 15 is 0 Å². The van der Waals surface area contributed by atoms with Gasteiger partial charge in [-0.25, -0.2) is 4.79 Å². The largest absolute Gasteiger partial charge is 0.351 e. The van der Waals surface area contributed by atoms with Crippen molar-refractivity contribution in [2.45, 2.75) is 19.4 Å². The van der Waals surface area contributed by atoms with Crippen LogP contribution in [0.1, 0.15) is 12.5 Å². The summed E-state index contributed by atoms with van der Waals surface area (Å²) in [5, 5.41) is 14.1. The van der Waals surface area contributed by atoms with Crippen LogP contribution in [0.3, 0.4) is 0 Å². The van der Waals surface area contributed by atoms with Gasteiger partial charge in [0, 0.05) is 17.1 Å². The molecule has 8 heteroatoms. The number of aromatic nitrogens is 5. The SMILES string of the molecule is CC(Cc1ccccc1)Nc1nc(Nc2ccc3[nH]ncc3c2)[nH]c(=O)n1. The number of rotatable bonds is 6. The first-order valence-corrected chi connectivity index (χ1v) is 8.65. The van der Waals surface area contributed by atoms with Crippen LogP contribution in [0.15, 0.2) is 59.5 Å². The Morgan fingerprint density at radius 3 is 2.81 bits per heavy atom. The first kappa shape index (κ1) is 16.8. The molecule has 0 radical (unpaired) electrons. The number of H-pyrrole nitrogens is 2. The molecule has 4 aromatic rings. The van der Waals surface area contributed by atoms with Crippen molar-refractivity contribution in [3.63, 3.8) is 0 Å². The molecule has 0 aliphatic rings. The summed E-state index contributed by atoms with van der Waals surface area (Å²) in [6.45, 7) is 2.03. The number of anilines is 3. The van der Waals surface area contributed by atoms with Gasteiger partial charge in [-0.05, 0) is 37.1 Å². The highest BCUT2D eigenvalue weighted by Crippen LogP contribution is 2.19. The molecule has 4 rings (SSSR count). The molecule has 0 saturated heterocycles. The summed E-state index contributed by atoms with van der Waals surface area (Å²) in [5.41, 5.74) is 2.47. The standard InChI is InChI=1S/C19H19N7O/c1-12(9-13-5-3-2-4-6-13)21-17-23-18(25-19(27)24-17)22-15-7-8-16-14(10-15)11-20-26-16/h2-8,10-12H,9H2,1H3,(H,20,26)(H3,21,22,23,24,25,27). The second kappa shape index (κ2) is 7.28. The minimum Gasteiger partial charge on any atom is -0.351 e. The van der Waals surface area contributed by atoms with E-state index < -0.39 is 5.69 Å². The van der Waals surface area contributed by atoms with E-state index in [2.05, 4.69) is 47.9 Å². The van der Waals surface area contributed by atoms with Crippen molar-refractivity contribution in [2.75, 3.05) is 10.6 Å². The molecule has 8 nitrogen and oxygen atoms in total. The van der Waals surface area contributed by atoms with Crippen molar-refractivity contribution in [1.82, 2.24) is 25.1 Å². The summed E-state index contributed by atoms with van der Waals surface area (Å²) >= 11 is 0. The van der Waals surface area contributed by atoms with Crippen molar-refractivity contribution in [3.05, 3.63) is 70.8 Å². The van der Waals surface area contributed by atoms with Gasteiger partial charge in [0.15, 0.2) is 0 Å². The van der Waals surface area contributed by atoms with Gasteiger partial charge in [0.05, 0.1) is 11.7 Å². The van der Waals surface area contributed by atoms with Gasteiger partial charge < -0.3 is 10.6 Å². The smallest absolute Gasteiger partial charge is 0.351 e. The summed E-state index contributed by atoms with van der Waals surface area (Å²) in [6, 6.07) is 15.9. The van der Waals surface area contributed by atoms with E-state index in [4.69, 9.17) is 0 Å². The Morgan fingerprint density at radius 1 is 1.11 bits per heavy atom. The van der Waals surface area contributed by atoms with Gasteiger partial charge in [-0.2, -0.15) is 15.1 Å². The predicted octanol–water partition coefficient (Wildman–Crippen LogP) is 2.83. The third-order valence-corrected chi connectivity index (χ3v) is 4.11. The molecule has 27 heavy (non-hydrogen) atoms. The lowest BCUT2D eigenvalue weighted by Gasteiger charge is -2.14. The Hall–Kier alpha value is -3.68. The zero-order chi connectivity index (χ0) is 18.6. The number of nitrogens with zero attached hydrogens (tertiary/aromatic N) is 3. The van der Waals surface area contributed by atoms with Crippen molar-refractivity contribution >= 4 is 28.5 Å². The summed E-state index contributed by atoms with van der Waals surface area (Å²) in [5.74, 6) is 0.612. The lowest BCUT2D eigenvalue weighted by molar-refractivity contribution is 0.772. The van der Waals surface area contributed by atoms with Crippen molar-refractivity contribution in [3.8, 4) is 0 Å². The normalized spacial score (nSPS) is 12.0. The molecule has 136 valence electrons. The molecule has 0 aliphatic heterocycles. The van der Waals surface area contributed by atoms with Gasteiger partial charge in [0.2, 0.25) is 11.9 Å². The zero-order valence-electron chi connectivity index (χ0n) is 14.7. The molecule has 0 fully saturated rings. The maximum absolute atomic E-state index is 11.9. The molecule has 0 spiro atoms. The van der Waals surface area contributed by atoms with Crippen LogP contribution in [0.5, 0.6) is 0 Å². The number of hydrogen-bond acceptors (Lipinski definition) is 6. The molecule has 4 N–H and O–H groups in total. The Kier molecular flexibility index (Phi) is 4.52. The van der Waals surface area contributed by atoms with Gasteiger partial charge in [-0.15, -0.1) is 0 Å². The molecule has 0 saturated carbocycles. The van der Waals surface area contributed by atoms with Gasteiger partial charge in [-0.3, -0.25) is 10.1 Å². The molecule has 1 unspecified atom stereocenters. The quantitative estimate of drug-likeness (QED) is 0.420. The molecule has 0 amide bonds. The third-order valence-electron chi connectivity index (χ3n) is 4.11. The van der Waals surface area contributed by atoms with Crippen LogP contribution in [0.25, 0.3) is 10.9 Å². The Bertz CT molecular complexity index is 1100. The van der Waals surface area contributed by atoms with Crippen LogP contribution >= 0.6 is 0 Å². The lowest BCUT2D eigenvalue weighted by atomic mass is 10.1. The highest BCUT2D eigenvalue weighted by Gasteiger charge is 2.08. The van der Waals surface area contributed by atoms with E-state index in [9.17, 15) is 4.79 Å². The van der Waals surface area contributed by atoms with Gasteiger partial charge in [-0.1, -0.05) is 30.3 Å². The van der Waals surface area contributed by atoms with Crippen LogP contribution in [0, 0.1) is 0 Å². The number of aromatic amines is 2. The minimum absolute atomic E-state index is 0.0735. The van der Waals surface area contributed by atoms with E-state index in [1.54, 1.807) is 6.20 Å². The molecule has 2 aromatic carbocycles.